The molecule has 0 unspecified atom stereocenters. The average Bonchev–Trinajstić information content (AvgIpc) is 2.33. The zero-order valence-corrected chi connectivity index (χ0v) is 13.6. The van der Waals surface area contributed by atoms with E-state index in [9.17, 15) is 12.8 Å². The van der Waals surface area contributed by atoms with Crippen LogP contribution in [0.2, 0.25) is 0 Å². The van der Waals surface area contributed by atoms with Gasteiger partial charge in [0.05, 0.1) is 0 Å². The Morgan fingerprint density at radius 3 is 2.48 bits per heavy atom. The fourth-order valence-corrected chi connectivity index (χ4v) is 3.91. The molecule has 0 aromatic heterocycles. The van der Waals surface area contributed by atoms with E-state index < -0.39 is 21.4 Å². The van der Waals surface area contributed by atoms with E-state index in [0.29, 0.717) is 6.54 Å². The second kappa shape index (κ2) is 6.02. The lowest BCUT2D eigenvalue weighted by Crippen LogP contribution is -2.50. The number of hydrogen-bond donors (Lipinski definition) is 2. The third-order valence-electron chi connectivity index (χ3n) is 3.84. The Bertz CT molecular complexity index is 610. The van der Waals surface area contributed by atoms with Gasteiger partial charge in [-0.25, -0.2) is 17.5 Å². The smallest absolute Gasteiger partial charge is 0.243 e. The Hall–Kier alpha value is -0.980. The zero-order valence-electron chi connectivity index (χ0n) is 12.7. The second-order valence-electron chi connectivity index (χ2n) is 6.32. The summed E-state index contributed by atoms with van der Waals surface area (Å²) in [4.78, 5) is -0.274. The lowest BCUT2D eigenvalue weighted by Gasteiger charge is -2.38. The highest BCUT2D eigenvalue weighted by molar-refractivity contribution is 7.89. The minimum Gasteiger partial charge on any atom is -0.310 e. The summed E-state index contributed by atoms with van der Waals surface area (Å²) in [6.07, 6.45) is 2.59. The first-order valence-corrected chi connectivity index (χ1v) is 8.76. The summed E-state index contributed by atoms with van der Waals surface area (Å²) in [5, 5.41) is 3.17. The summed E-state index contributed by atoms with van der Waals surface area (Å²) >= 11 is 0. The molecule has 0 spiro atoms. The van der Waals surface area contributed by atoms with Gasteiger partial charge in [0.2, 0.25) is 10.0 Å². The molecule has 0 saturated heterocycles. The Kier molecular flexibility index (Phi) is 4.70. The molecule has 1 saturated carbocycles. The molecule has 0 radical (unpaired) electrons. The third-order valence-corrected chi connectivity index (χ3v) is 5.51. The van der Waals surface area contributed by atoms with Gasteiger partial charge < -0.3 is 5.32 Å². The van der Waals surface area contributed by atoms with E-state index in [2.05, 4.69) is 10.0 Å². The van der Waals surface area contributed by atoms with Crippen molar-refractivity contribution in [1.29, 1.82) is 0 Å². The van der Waals surface area contributed by atoms with Crippen LogP contribution in [0.3, 0.4) is 0 Å². The van der Waals surface area contributed by atoms with Crippen molar-refractivity contribution in [2.24, 2.45) is 0 Å². The van der Waals surface area contributed by atoms with E-state index in [1.54, 1.807) is 6.07 Å². The Labute approximate surface area is 126 Å². The summed E-state index contributed by atoms with van der Waals surface area (Å²) in [5.74, 6) is -0.700. The van der Waals surface area contributed by atoms with Gasteiger partial charge in [-0.2, -0.15) is 0 Å². The van der Waals surface area contributed by atoms with E-state index in [-0.39, 0.29) is 10.9 Å². The summed E-state index contributed by atoms with van der Waals surface area (Å²) in [5.41, 5.74) is 0.304. The summed E-state index contributed by atoms with van der Waals surface area (Å²) in [7, 11) is -3.80. The van der Waals surface area contributed by atoms with Crippen LogP contribution in [0.25, 0.3) is 0 Å². The predicted molar refractivity (Wildman–Crippen MR) is 81.0 cm³/mol. The highest BCUT2D eigenvalue weighted by Gasteiger charge is 2.37. The van der Waals surface area contributed by atoms with Crippen molar-refractivity contribution in [3.63, 3.8) is 0 Å². The Morgan fingerprint density at radius 2 is 2.00 bits per heavy atom. The molecule has 0 amide bonds. The molecule has 1 aliphatic rings. The van der Waals surface area contributed by atoms with Crippen LogP contribution in [0, 0.1) is 5.82 Å². The first-order valence-electron chi connectivity index (χ1n) is 7.28. The average molecular weight is 314 g/mol. The van der Waals surface area contributed by atoms with Gasteiger partial charge in [0.25, 0.3) is 0 Å². The molecule has 2 rings (SSSR count). The van der Waals surface area contributed by atoms with E-state index >= 15 is 0 Å². The topological polar surface area (TPSA) is 58.2 Å². The highest BCUT2D eigenvalue weighted by atomic mass is 32.2. The van der Waals surface area contributed by atoms with Crippen LogP contribution in [0.15, 0.2) is 23.1 Å². The summed E-state index contributed by atoms with van der Waals surface area (Å²) < 4.78 is 41.3. The number of benzene rings is 1. The van der Waals surface area contributed by atoms with Gasteiger partial charge in [-0.3, -0.25) is 0 Å². The molecule has 2 N–H and O–H groups in total. The highest BCUT2D eigenvalue weighted by Crippen LogP contribution is 2.33. The van der Waals surface area contributed by atoms with Crippen molar-refractivity contribution in [3.8, 4) is 0 Å². The molecule has 21 heavy (non-hydrogen) atoms. The quantitative estimate of drug-likeness (QED) is 0.848. The van der Waals surface area contributed by atoms with Gasteiger partial charge in [-0.1, -0.05) is 19.9 Å². The van der Waals surface area contributed by atoms with Gasteiger partial charge >= 0.3 is 0 Å². The van der Waals surface area contributed by atoms with Gasteiger partial charge in [0, 0.05) is 18.1 Å². The first kappa shape index (κ1) is 16.4. The minimum absolute atomic E-state index is 0.274. The van der Waals surface area contributed by atoms with Crippen LogP contribution >= 0.6 is 0 Å². The van der Waals surface area contributed by atoms with Crippen molar-refractivity contribution in [3.05, 3.63) is 29.6 Å². The van der Waals surface area contributed by atoms with E-state index in [4.69, 9.17) is 0 Å². The number of rotatable bonds is 6. The monoisotopic (exact) mass is 314 g/mol. The largest absolute Gasteiger partial charge is 0.310 e. The normalized spacial score (nSPS) is 17.8. The molecule has 0 atom stereocenters. The molecular formula is C15H23FN2O2S. The van der Waals surface area contributed by atoms with Crippen molar-refractivity contribution < 1.29 is 12.8 Å². The van der Waals surface area contributed by atoms with Crippen molar-refractivity contribution in [2.75, 3.05) is 0 Å². The van der Waals surface area contributed by atoms with Crippen LogP contribution in [0.1, 0.15) is 45.6 Å². The molecule has 0 bridgehead atoms. The Morgan fingerprint density at radius 1 is 1.33 bits per heavy atom. The number of sulfonamides is 1. The predicted octanol–water partition coefficient (Wildman–Crippen LogP) is 2.54. The van der Waals surface area contributed by atoms with Crippen LogP contribution in [0.4, 0.5) is 4.39 Å². The van der Waals surface area contributed by atoms with Crippen LogP contribution < -0.4 is 10.0 Å². The van der Waals surface area contributed by atoms with Crippen molar-refractivity contribution in [2.45, 2.75) is 63.1 Å². The van der Waals surface area contributed by atoms with Gasteiger partial charge in [-0.15, -0.1) is 0 Å². The minimum atomic E-state index is -3.80. The van der Waals surface area contributed by atoms with E-state index in [1.165, 1.54) is 12.1 Å². The van der Waals surface area contributed by atoms with Crippen LogP contribution in [-0.2, 0) is 16.6 Å². The molecule has 1 fully saturated rings. The molecule has 1 aromatic carbocycles. The number of nitrogens with one attached hydrogen (secondary N) is 2. The van der Waals surface area contributed by atoms with E-state index in [1.807, 2.05) is 20.8 Å². The lowest BCUT2D eigenvalue weighted by molar-refractivity contribution is 0.247. The first-order chi connectivity index (χ1) is 9.72. The fraction of sp³-hybridized carbons (Fsp3) is 0.600. The molecule has 1 aromatic rings. The SMILES string of the molecule is CC(C)NCc1ccc(S(=O)(=O)NC2(C)CCC2)c(F)c1. The lowest BCUT2D eigenvalue weighted by atomic mass is 9.80. The maximum absolute atomic E-state index is 14.1. The Balaban J connectivity index is 2.16. The molecule has 0 heterocycles. The maximum atomic E-state index is 14.1. The standard InChI is InChI=1S/C15H23FN2O2S/c1-11(2)17-10-12-5-6-14(13(16)9-12)21(19,20)18-15(3)7-4-8-15/h5-6,9,11,17-18H,4,7-8,10H2,1-3H3. The molecule has 4 nitrogen and oxygen atoms in total. The van der Waals surface area contributed by atoms with Gasteiger partial charge in [0.15, 0.2) is 0 Å². The molecule has 6 heteroatoms. The van der Waals surface area contributed by atoms with Crippen LogP contribution in [0.5, 0.6) is 0 Å². The molecular weight excluding hydrogens is 291 g/mol. The van der Waals surface area contributed by atoms with E-state index in [0.717, 1.165) is 24.8 Å². The van der Waals surface area contributed by atoms with Crippen molar-refractivity contribution >= 4 is 10.0 Å². The van der Waals surface area contributed by atoms with Crippen LogP contribution in [-0.4, -0.2) is 20.0 Å². The summed E-state index contributed by atoms with van der Waals surface area (Å²) in [6.45, 7) is 6.36. The second-order valence-corrected chi connectivity index (χ2v) is 7.97. The molecule has 118 valence electrons. The maximum Gasteiger partial charge on any atom is 0.243 e. The zero-order chi connectivity index (χ0) is 15.7. The third kappa shape index (κ3) is 4.02. The summed E-state index contributed by atoms with van der Waals surface area (Å²) in [6, 6.07) is 4.57. The molecule has 1 aliphatic carbocycles. The number of halogens is 1. The number of hydrogen-bond acceptors (Lipinski definition) is 3. The molecule has 0 aliphatic heterocycles. The van der Waals surface area contributed by atoms with Crippen molar-refractivity contribution in [1.82, 2.24) is 10.0 Å². The fourth-order valence-electron chi connectivity index (χ4n) is 2.38. The van der Waals surface area contributed by atoms with Gasteiger partial charge in [0.1, 0.15) is 10.7 Å². The van der Waals surface area contributed by atoms with Gasteiger partial charge in [-0.05, 0) is 43.9 Å².